The molecule has 3 rings (SSSR count). The van der Waals surface area contributed by atoms with Gasteiger partial charge in [-0.15, -0.1) is 0 Å². The van der Waals surface area contributed by atoms with Gasteiger partial charge in [-0.25, -0.2) is 4.68 Å². The van der Waals surface area contributed by atoms with Gasteiger partial charge in [0.25, 0.3) is 5.56 Å². The summed E-state index contributed by atoms with van der Waals surface area (Å²) in [5, 5.41) is 10.9. The molecule has 0 aliphatic carbocycles. The molecule has 1 unspecified atom stereocenters. The van der Waals surface area contributed by atoms with Crippen LogP contribution in [0.2, 0.25) is 0 Å². The molecule has 110 valence electrons. The Balaban J connectivity index is 1.78. The molecule has 0 radical (unpaired) electrons. The second kappa shape index (κ2) is 5.99. The fraction of sp³-hybridized carbons (Fsp3) is 0.333. The Morgan fingerprint density at radius 2 is 2.29 bits per heavy atom. The van der Waals surface area contributed by atoms with Crippen molar-refractivity contribution in [3.05, 3.63) is 56.4 Å². The first-order valence-electron chi connectivity index (χ1n) is 6.93. The zero-order valence-corrected chi connectivity index (χ0v) is 13.4. The van der Waals surface area contributed by atoms with E-state index < -0.39 is 0 Å². The zero-order chi connectivity index (χ0) is 14.8. The lowest BCUT2D eigenvalue weighted by Gasteiger charge is -2.27. The van der Waals surface area contributed by atoms with E-state index in [0.29, 0.717) is 11.0 Å². The molecule has 6 heteroatoms. The van der Waals surface area contributed by atoms with Crippen molar-refractivity contribution < 1.29 is 0 Å². The molecule has 2 heterocycles. The number of benzene rings is 1. The molecule has 21 heavy (non-hydrogen) atoms. The highest BCUT2D eigenvalue weighted by molar-refractivity contribution is 9.10. The number of hydrogen-bond donors (Lipinski definition) is 2. The van der Waals surface area contributed by atoms with Gasteiger partial charge in [0.1, 0.15) is 4.47 Å². The SMILES string of the molecule is Cn1ncc(NCC2NCCc3ccccc32)c(Br)c1=O. The third-order valence-corrected chi connectivity index (χ3v) is 4.56. The highest BCUT2D eigenvalue weighted by Crippen LogP contribution is 2.24. The minimum absolute atomic E-state index is 0.142. The quantitative estimate of drug-likeness (QED) is 0.888. The van der Waals surface area contributed by atoms with Crippen molar-refractivity contribution in [2.24, 2.45) is 7.05 Å². The Hall–Kier alpha value is -1.66. The molecule has 0 bridgehead atoms. The van der Waals surface area contributed by atoms with Crippen LogP contribution in [0.4, 0.5) is 5.69 Å². The molecule has 0 saturated heterocycles. The Morgan fingerprint density at radius 1 is 1.48 bits per heavy atom. The molecule has 0 fully saturated rings. The van der Waals surface area contributed by atoms with Crippen LogP contribution in [0.15, 0.2) is 39.7 Å². The number of aromatic nitrogens is 2. The van der Waals surface area contributed by atoms with Gasteiger partial charge in [0.15, 0.2) is 0 Å². The average Bonchev–Trinajstić information content (AvgIpc) is 2.52. The minimum atomic E-state index is -0.142. The van der Waals surface area contributed by atoms with Crippen LogP contribution in [-0.2, 0) is 13.5 Å². The predicted octanol–water partition coefficient (Wildman–Crippen LogP) is 1.84. The van der Waals surface area contributed by atoms with Crippen molar-refractivity contribution in [3.63, 3.8) is 0 Å². The molecule has 1 aromatic heterocycles. The van der Waals surface area contributed by atoms with E-state index in [4.69, 9.17) is 0 Å². The van der Waals surface area contributed by atoms with Crippen molar-refractivity contribution in [3.8, 4) is 0 Å². The van der Waals surface area contributed by atoms with E-state index >= 15 is 0 Å². The number of nitrogens with zero attached hydrogens (tertiary/aromatic N) is 2. The second-order valence-corrected chi connectivity index (χ2v) is 5.93. The molecule has 2 aromatic rings. The van der Waals surface area contributed by atoms with E-state index in [2.05, 4.69) is 55.9 Å². The normalized spacial score (nSPS) is 17.3. The van der Waals surface area contributed by atoms with Gasteiger partial charge >= 0.3 is 0 Å². The van der Waals surface area contributed by atoms with E-state index in [1.54, 1.807) is 13.2 Å². The summed E-state index contributed by atoms with van der Waals surface area (Å²) in [7, 11) is 1.63. The standard InChI is InChI=1S/C15H17BrN4O/c1-20-15(21)14(16)13(9-19-20)18-8-12-11-5-3-2-4-10(11)6-7-17-12/h2-5,9,12,17-18H,6-8H2,1H3. The first-order chi connectivity index (χ1) is 10.2. The zero-order valence-electron chi connectivity index (χ0n) is 11.8. The van der Waals surface area contributed by atoms with Crippen LogP contribution in [-0.4, -0.2) is 22.9 Å². The van der Waals surface area contributed by atoms with Gasteiger partial charge in [0.2, 0.25) is 0 Å². The van der Waals surface area contributed by atoms with Gasteiger partial charge in [-0.1, -0.05) is 24.3 Å². The van der Waals surface area contributed by atoms with Crippen molar-refractivity contribution in [2.45, 2.75) is 12.5 Å². The molecule has 1 atom stereocenters. The predicted molar refractivity (Wildman–Crippen MR) is 86.6 cm³/mol. The van der Waals surface area contributed by atoms with Crippen LogP contribution >= 0.6 is 15.9 Å². The summed E-state index contributed by atoms with van der Waals surface area (Å²) < 4.78 is 1.83. The third-order valence-electron chi connectivity index (χ3n) is 3.79. The number of nitrogens with one attached hydrogen (secondary N) is 2. The van der Waals surface area contributed by atoms with Crippen LogP contribution < -0.4 is 16.2 Å². The van der Waals surface area contributed by atoms with E-state index in [9.17, 15) is 4.79 Å². The summed E-state index contributed by atoms with van der Waals surface area (Å²) >= 11 is 3.33. The fourth-order valence-corrected chi connectivity index (χ4v) is 3.12. The van der Waals surface area contributed by atoms with Gasteiger partial charge < -0.3 is 10.6 Å². The Morgan fingerprint density at radius 3 is 3.14 bits per heavy atom. The number of hydrogen-bond acceptors (Lipinski definition) is 4. The Kier molecular flexibility index (Phi) is 4.07. The summed E-state index contributed by atoms with van der Waals surface area (Å²) in [5.41, 5.74) is 3.30. The minimum Gasteiger partial charge on any atom is -0.381 e. The van der Waals surface area contributed by atoms with E-state index in [1.807, 2.05) is 0 Å². The molecule has 0 saturated carbocycles. The van der Waals surface area contributed by atoms with Crippen LogP contribution in [0, 0.1) is 0 Å². The largest absolute Gasteiger partial charge is 0.381 e. The van der Waals surface area contributed by atoms with E-state index in [0.717, 1.165) is 18.7 Å². The number of halogens is 1. The van der Waals surface area contributed by atoms with E-state index in [-0.39, 0.29) is 11.6 Å². The summed E-state index contributed by atoms with van der Waals surface area (Å²) in [6.07, 6.45) is 2.73. The van der Waals surface area contributed by atoms with Gasteiger partial charge in [-0.3, -0.25) is 4.79 Å². The number of fused-ring (bicyclic) bond motifs is 1. The molecule has 2 N–H and O–H groups in total. The van der Waals surface area contributed by atoms with Gasteiger partial charge in [-0.05, 0) is 40.0 Å². The number of anilines is 1. The van der Waals surface area contributed by atoms with Crippen LogP contribution in [0.3, 0.4) is 0 Å². The number of aryl methyl sites for hydroxylation is 1. The summed E-state index contributed by atoms with van der Waals surface area (Å²) in [6.45, 7) is 1.68. The van der Waals surface area contributed by atoms with Crippen molar-refractivity contribution in [1.82, 2.24) is 15.1 Å². The molecular weight excluding hydrogens is 332 g/mol. The summed E-state index contributed by atoms with van der Waals surface area (Å²) in [6, 6.07) is 8.72. The summed E-state index contributed by atoms with van der Waals surface area (Å²) in [4.78, 5) is 11.8. The Labute approximate surface area is 131 Å². The Bertz CT molecular complexity index is 713. The fourth-order valence-electron chi connectivity index (χ4n) is 2.62. The molecule has 5 nitrogen and oxygen atoms in total. The van der Waals surface area contributed by atoms with Crippen molar-refractivity contribution in [2.75, 3.05) is 18.4 Å². The maximum absolute atomic E-state index is 11.8. The van der Waals surface area contributed by atoms with Crippen LogP contribution in [0.1, 0.15) is 17.2 Å². The first-order valence-corrected chi connectivity index (χ1v) is 7.73. The highest BCUT2D eigenvalue weighted by Gasteiger charge is 2.19. The van der Waals surface area contributed by atoms with Gasteiger partial charge in [0, 0.05) is 19.6 Å². The third kappa shape index (κ3) is 2.87. The van der Waals surface area contributed by atoms with E-state index in [1.165, 1.54) is 15.8 Å². The van der Waals surface area contributed by atoms with Gasteiger partial charge in [0.05, 0.1) is 11.9 Å². The van der Waals surface area contributed by atoms with Crippen LogP contribution in [0.25, 0.3) is 0 Å². The summed E-state index contributed by atoms with van der Waals surface area (Å²) in [5.74, 6) is 0. The molecular formula is C15H17BrN4O. The van der Waals surface area contributed by atoms with Crippen molar-refractivity contribution in [1.29, 1.82) is 0 Å². The van der Waals surface area contributed by atoms with Gasteiger partial charge in [-0.2, -0.15) is 5.10 Å². The topological polar surface area (TPSA) is 59.0 Å². The average molecular weight is 349 g/mol. The second-order valence-electron chi connectivity index (χ2n) is 5.14. The van der Waals surface area contributed by atoms with Crippen molar-refractivity contribution >= 4 is 21.6 Å². The lowest BCUT2D eigenvalue weighted by atomic mass is 9.94. The lowest BCUT2D eigenvalue weighted by molar-refractivity contribution is 0.523. The molecule has 0 spiro atoms. The molecule has 1 aliphatic heterocycles. The smallest absolute Gasteiger partial charge is 0.282 e. The molecule has 1 aromatic carbocycles. The van der Waals surface area contributed by atoms with Crippen LogP contribution in [0.5, 0.6) is 0 Å². The molecule has 1 aliphatic rings. The maximum Gasteiger partial charge on any atom is 0.282 e. The first kappa shape index (κ1) is 14.3. The molecule has 0 amide bonds. The maximum atomic E-state index is 11.8. The number of rotatable bonds is 3. The highest BCUT2D eigenvalue weighted by atomic mass is 79.9. The monoisotopic (exact) mass is 348 g/mol. The lowest BCUT2D eigenvalue weighted by Crippen LogP contribution is -2.34.